The van der Waals surface area contributed by atoms with E-state index in [1.54, 1.807) is 0 Å². The fraction of sp³-hybridized carbons (Fsp3) is 0.286. The van der Waals surface area contributed by atoms with Crippen molar-refractivity contribution < 1.29 is 4.84 Å². The van der Waals surface area contributed by atoms with Crippen LogP contribution in [0.1, 0.15) is 0 Å². The molecule has 2 radical (unpaired) electrons. The molecule has 1 fully saturated rings. The van der Waals surface area contributed by atoms with Crippen molar-refractivity contribution in [2.24, 2.45) is 5.92 Å². The summed E-state index contributed by atoms with van der Waals surface area (Å²) < 4.78 is 0. The highest BCUT2D eigenvalue weighted by molar-refractivity contribution is 5.19. The highest BCUT2D eigenvalue weighted by atomic mass is 16.7. The van der Waals surface area contributed by atoms with Crippen LogP contribution in [0.15, 0.2) is 24.3 Å². The van der Waals surface area contributed by atoms with Crippen LogP contribution < -0.4 is 5.48 Å². The molecule has 46 valence electrons. The number of hydrogen-bond donors (Lipinski definition) is 1. The molecule has 1 N–H and O–H groups in total. The Morgan fingerprint density at radius 2 is 2.22 bits per heavy atom. The van der Waals surface area contributed by atoms with Crippen molar-refractivity contribution in [3.8, 4) is 0 Å². The summed E-state index contributed by atoms with van der Waals surface area (Å²) in [6.45, 7) is 2.95. The highest BCUT2D eigenvalue weighted by Crippen LogP contribution is 2.21. The highest BCUT2D eigenvalue weighted by Gasteiger charge is 2.25. The van der Waals surface area contributed by atoms with E-state index in [0.717, 1.165) is 0 Å². The predicted octanol–water partition coefficient (Wildman–Crippen LogP) is 0.671. The van der Waals surface area contributed by atoms with E-state index in [-0.39, 0.29) is 6.10 Å². The van der Waals surface area contributed by atoms with Crippen LogP contribution in [-0.2, 0) is 4.84 Å². The SMILES string of the molecule is [C]1NOC2C=CC=CC12. The molecule has 0 saturated carbocycles. The lowest BCUT2D eigenvalue weighted by molar-refractivity contribution is 0.0593. The van der Waals surface area contributed by atoms with Crippen molar-refractivity contribution in [1.29, 1.82) is 0 Å². The molecule has 1 aliphatic carbocycles. The maximum Gasteiger partial charge on any atom is 0.106 e. The third kappa shape index (κ3) is 0.802. The third-order valence-electron chi connectivity index (χ3n) is 1.50. The van der Waals surface area contributed by atoms with Gasteiger partial charge in [-0.05, 0) is 0 Å². The molecular formula is C7H7NO. The minimum absolute atomic E-state index is 0.176. The molecule has 0 aromatic carbocycles. The van der Waals surface area contributed by atoms with E-state index in [0.29, 0.717) is 5.92 Å². The maximum absolute atomic E-state index is 5.06. The van der Waals surface area contributed by atoms with Gasteiger partial charge in [0.25, 0.3) is 0 Å². The Labute approximate surface area is 54.2 Å². The first kappa shape index (κ1) is 5.21. The van der Waals surface area contributed by atoms with E-state index in [1.807, 2.05) is 18.2 Å². The summed E-state index contributed by atoms with van der Waals surface area (Å²) in [7, 11) is 0. The molecule has 0 aromatic rings. The number of fused-ring (bicyclic) bond motifs is 1. The molecule has 2 rings (SSSR count). The van der Waals surface area contributed by atoms with E-state index in [9.17, 15) is 0 Å². The Kier molecular flexibility index (Phi) is 1.14. The fourth-order valence-electron chi connectivity index (χ4n) is 1.000. The van der Waals surface area contributed by atoms with Crippen LogP contribution in [0, 0.1) is 12.5 Å². The second kappa shape index (κ2) is 1.97. The molecule has 0 amide bonds. The van der Waals surface area contributed by atoms with Gasteiger partial charge in [0.05, 0.1) is 6.54 Å². The first-order chi connectivity index (χ1) is 4.47. The average Bonchev–Trinajstić information content (AvgIpc) is 2.33. The van der Waals surface area contributed by atoms with Crippen molar-refractivity contribution >= 4 is 0 Å². The van der Waals surface area contributed by atoms with Crippen molar-refractivity contribution in [3.05, 3.63) is 30.8 Å². The van der Waals surface area contributed by atoms with E-state index in [1.165, 1.54) is 0 Å². The van der Waals surface area contributed by atoms with Gasteiger partial charge in [-0.1, -0.05) is 24.3 Å². The van der Waals surface area contributed by atoms with Crippen LogP contribution in [0.2, 0.25) is 0 Å². The number of nitrogens with one attached hydrogen (secondary N) is 1. The molecule has 0 bridgehead atoms. The number of rotatable bonds is 0. The maximum atomic E-state index is 5.06. The zero-order valence-electron chi connectivity index (χ0n) is 4.87. The Morgan fingerprint density at radius 3 is 3.11 bits per heavy atom. The average molecular weight is 121 g/mol. The smallest absolute Gasteiger partial charge is 0.106 e. The Hall–Kier alpha value is -0.600. The fourth-order valence-corrected chi connectivity index (χ4v) is 1.000. The summed E-state index contributed by atoms with van der Waals surface area (Å²) in [4.78, 5) is 5.06. The lowest BCUT2D eigenvalue weighted by Gasteiger charge is -2.09. The van der Waals surface area contributed by atoms with Crippen LogP contribution in [-0.4, -0.2) is 6.10 Å². The van der Waals surface area contributed by atoms with Crippen LogP contribution in [0.5, 0.6) is 0 Å². The quantitative estimate of drug-likeness (QED) is 0.508. The van der Waals surface area contributed by atoms with Crippen molar-refractivity contribution in [3.63, 3.8) is 0 Å². The van der Waals surface area contributed by atoms with E-state index < -0.39 is 0 Å². The van der Waals surface area contributed by atoms with E-state index >= 15 is 0 Å². The molecular weight excluding hydrogens is 114 g/mol. The predicted molar refractivity (Wildman–Crippen MR) is 33.0 cm³/mol. The van der Waals surface area contributed by atoms with Gasteiger partial charge in [-0.25, -0.2) is 0 Å². The zero-order valence-corrected chi connectivity index (χ0v) is 4.87. The van der Waals surface area contributed by atoms with Crippen molar-refractivity contribution in [1.82, 2.24) is 5.48 Å². The number of hydrogen-bond acceptors (Lipinski definition) is 2. The van der Waals surface area contributed by atoms with Crippen LogP contribution >= 0.6 is 0 Å². The minimum Gasteiger partial charge on any atom is -0.293 e. The summed E-state index contributed by atoms with van der Waals surface area (Å²) in [5.41, 5.74) is 2.61. The first-order valence-electron chi connectivity index (χ1n) is 2.98. The standard InChI is InChI=1S/C7H7NO/c1-2-4-7-6(3-1)5-8-9-7/h1-4,6-8H. The van der Waals surface area contributed by atoms with Gasteiger partial charge in [-0.15, -0.1) is 0 Å². The van der Waals surface area contributed by atoms with E-state index in [2.05, 4.69) is 18.1 Å². The molecule has 2 heteroatoms. The third-order valence-corrected chi connectivity index (χ3v) is 1.50. The molecule has 2 unspecified atom stereocenters. The molecule has 1 heterocycles. The zero-order chi connectivity index (χ0) is 6.10. The van der Waals surface area contributed by atoms with Gasteiger partial charge >= 0.3 is 0 Å². The molecule has 1 saturated heterocycles. The molecule has 0 aromatic heterocycles. The van der Waals surface area contributed by atoms with Gasteiger partial charge in [-0.2, -0.15) is 5.48 Å². The van der Waals surface area contributed by atoms with Crippen LogP contribution in [0.4, 0.5) is 0 Å². The Balaban J connectivity index is 2.18. The van der Waals surface area contributed by atoms with Crippen LogP contribution in [0.3, 0.4) is 0 Å². The molecule has 2 nitrogen and oxygen atoms in total. The van der Waals surface area contributed by atoms with Crippen LogP contribution in [0.25, 0.3) is 0 Å². The topological polar surface area (TPSA) is 21.3 Å². The Morgan fingerprint density at radius 1 is 1.33 bits per heavy atom. The lowest BCUT2D eigenvalue weighted by atomic mass is 9.99. The van der Waals surface area contributed by atoms with Gasteiger partial charge in [0.15, 0.2) is 0 Å². The van der Waals surface area contributed by atoms with Gasteiger partial charge in [-0.3, -0.25) is 4.84 Å². The van der Waals surface area contributed by atoms with Crippen molar-refractivity contribution in [2.45, 2.75) is 6.10 Å². The summed E-state index contributed by atoms with van der Waals surface area (Å²) in [5.74, 6) is 0.315. The van der Waals surface area contributed by atoms with E-state index in [4.69, 9.17) is 4.84 Å². The summed E-state index contributed by atoms with van der Waals surface area (Å²) in [6.07, 6.45) is 8.23. The number of hydroxylamine groups is 1. The molecule has 1 aliphatic heterocycles. The molecule has 0 spiro atoms. The normalized spacial score (nSPS) is 39.1. The van der Waals surface area contributed by atoms with Gasteiger partial charge in [0.2, 0.25) is 0 Å². The summed E-state index contributed by atoms with van der Waals surface area (Å²) in [6, 6.07) is 0. The van der Waals surface area contributed by atoms with Gasteiger partial charge in [0, 0.05) is 5.92 Å². The Bertz CT molecular complexity index is 144. The van der Waals surface area contributed by atoms with Crippen molar-refractivity contribution in [2.75, 3.05) is 0 Å². The first-order valence-corrected chi connectivity index (χ1v) is 2.98. The van der Waals surface area contributed by atoms with Gasteiger partial charge in [0.1, 0.15) is 6.10 Å². The number of allylic oxidation sites excluding steroid dienone is 2. The second-order valence-corrected chi connectivity index (χ2v) is 2.12. The summed E-state index contributed by atoms with van der Waals surface area (Å²) >= 11 is 0. The monoisotopic (exact) mass is 121 g/mol. The molecule has 2 aliphatic rings. The lowest BCUT2D eigenvalue weighted by Crippen LogP contribution is -2.12. The largest absolute Gasteiger partial charge is 0.293 e. The molecule has 9 heavy (non-hydrogen) atoms. The van der Waals surface area contributed by atoms with Gasteiger partial charge < -0.3 is 0 Å². The second-order valence-electron chi connectivity index (χ2n) is 2.12. The molecule has 2 atom stereocenters. The summed E-state index contributed by atoms with van der Waals surface area (Å²) in [5, 5.41) is 0. The minimum atomic E-state index is 0.176.